The van der Waals surface area contributed by atoms with Gasteiger partial charge in [-0.1, -0.05) is 32.4 Å². The fourth-order valence-corrected chi connectivity index (χ4v) is 1.77. The van der Waals surface area contributed by atoms with Gasteiger partial charge in [-0.15, -0.1) is 0 Å². The third kappa shape index (κ3) is 4.40. The zero-order valence-corrected chi connectivity index (χ0v) is 11.6. The molecule has 0 bridgehead atoms. The van der Waals surface area contributed by atoms with E-state index in [9.17, 15) is 0 Å². The van der Waals surface area contributed by atoms with Crippen LogP contribution in [-0.2, 0) is 0 Å². The molecule has 1 fully saturated rings. The first-order chi connectivity index (χ1) is 7.58. The summed E-state index contributed by atoms with van der Waals surface area (Å²) in [5.74, 6) is 0. The zero-order valence-electron chi connectivity index (χ0n) is 11.6. The fourth-order valence-electron chi connectivity index (χ4n) is 1.77. The van der Waals surface area contributed by atoms with Crippen LogP contribution in [0.5, 0.6) is 0 Å². The number of hydrogen-bond acceptors (Lipinski definition) is 2. The van der Waals surface area contributed by atoms with Gasteiger partial charge in [-0.2, -0.15) is 0 Å². The Labute approximate surface area is 101 Å². The van der Waals surface area contributed by atoms with Crippen molar-refractivity contribution < 1.29 is 0 Å². The van der Waals surface area contributed by atoms with E-state index in [1.54, 1.807) is 0 Å². The molecule has 1 aliphatic heterocycles. The maximum Gasteiger partial charge on any atom is 0.0144 e. The lowest BCUT2D eigenvalue weighted by molar-refractivity contribution is 0.279. The van der Waals surface area contributed by atoms with Crippen LogP contribution in [-0.4, -0.2) is 13.1 Å². The molecule has 1 rings (SSSR count). The lowest BCUT2D eigenvalue weighted by atomic mass is 9.77. The van der Waals surface area contributed by atoms with Crippen molar-refractivity contribution >= 4 is 0 Å². The van der Waals surface area contributed by atoms with Crippen LogP contribution < -0.4 is 11.1 Å². The predicted molar refractivity (Wildman–Crippen MR) is 73.3 cm³/mol. The van der Waals surface area contributed by atoms with Gasteiger partial charge in [0.1, 0.15) is 0 Å². The SMILES string of the molecule is C/C=C(C)\C=C(/N)C1(C)CCNCC1.CC. The molecule has 0 saturated carbocycles. The Morgan fingerprint density at radius 3 is 2.19 bits per heavy atom. The van der Waals surface area contributed by atoms with Crippen molar-refractivity contribution in [3.63, 3.8) is 0 Å². The van der Waals surface area contributed by atoms with Gasteiger partial charge in [0.15, 0.2) is 0 Å². The first-order valence-electron chi connectivity index (χ1n) is 6.40. The number of nitrogens with one attached hydrogen (secondary N) is 1. The summed E-state index contributed by atoms with van der Waals surface area (Å²) in [4.78, 5) is 0. The second-order valence-corrected chi connectivity index (χ2v) is 4.44. The molecule has 3 N–H and O–H groups in total. The minimum absolute atomic E-state index is 0.204. The molecule has 2 nitrogen and oxygen atoms in total. The molecule has 16 heavy (non-hydrogen) atoms. The van der Waals surface area contributed by atoms with E-state index in [0.29, 0.717) is 0 Å². The molecule has 94 valence electrons. The Morgan fingerprint density at radius 1 is 1.25 bits per heavy atom. The Bertz CT molecular complexity index is 245. The van der Waals surface area contributed by atoms with Crippen LogP contribution >= 0.6 is 0 Å². The Balaban J connectivity index is 0.00000106. The van der Waals surface area contributed by atoms with Crippen LogP contribution in [0.4, 0.5) is 0 Å². The van der Waals surface area contributed by atoms with Crippen molar-refractivity contribution in [3.8, 4) is 0 Å². The minimum atomic E-state index is 0.204. The van der Waals surface area contributed by atoms with E-state index in [0.717, 1.165) is 31.6 Å². The van der Waals surface area contributed by atoms with Crippen LogP contribution in [0.2, 0.25) is 0 Å². The fraction of sp³-hybridized carbons (Fsp3) is 0.714. The summed E-state index contributed by atoms with van der Waals surface area (Å²) in [7, 11) is 0. The molecule has 0 spiro atoms. The van der Waals surface area contributed by atoms with E-state index in [-0.39, 0.29) is 5.41 Å². The van der Waals surface area contributed by atoms with E-state index in [4.69, 9.17) is 5.73 Å². The van der Waals surface area contributed by atoms with Gasteiger partial charge >= 0.3 is 0 Å². The highest BCUT2D eigenvalue weighted by Gasteiger charge is 2.28. The molecular weight excluding hydrogens is 196 g/mol. The normalized spacial score (nSPS) is 21.1. The largest absolute Gasteiger partial charge is 0.402 e. The number of nitrogens with two attached hydrogens (primary N) is 1. The number of rotatable bonds is 2. The van der Waals surface area contributed by atoms with Crippen molar-refractivity contribution in [3.05, 3.63) is 23.4 Å². The van der Waals surface area contributed by atoms with Gasteiger partial charge in [0.2, 0.25) is 0 Å². The molecule has 0 radical (unpaired) electrons. The quantitative estimate of drug-likeness (QED) is 0.707. The van der Waals surface area contributed by atoms with Gasteiger partial charge in [0.05, 0.1) is 0 Å². The molecular formula is C14H28N2. The molecule has 0 atom stereocenters. The van der Waals surface area contributed by atoms with Gasteiger partial charge in [-0.25, -0.2) is 0 Å². The van der Waals surface area contributed by atoms with E-state index in [1.165, 1.54) is 5.57 Å². The van der Waals surface area contributed by atoms with Gasteiger partial charge in [-0.3, -0.25) is 0 Å². The third-order valence-corrected chi connectivity index (χ3v) is 3.24. The zero-order chi connectivity index (χ0) is 12.6. The number of piperidine rings is 1. The van der Waals surface area contributed by atoms with E-state index in [2.05, 4.69) is 31.3 Å². The lowest BCUT2D eigenvalue weighted by Gasteiger charge is -2.34. The Kier molecular flexibility index (Phi) is 7.15. The van der Waals surface area contributed by atoms with E-state index < -0.39 is 0 Å². The highest BCUT2D eigenvalue weighted by molar-refractivity contribution is 5.24. The maximum absolute atomic E-state index is 6.15. The Morgan fingerprint density at radius 2 is 1.75 bits per heavy atom. The average Bonchev–Trinajstić information content (AvgIpc) is 2.32. The molecule has 0 aliphatic carbocycles. The summed E-state index contributed by atoms with van der Waals surface area (Å²) in [6, 6.07) is 0. The molecule has 2 heteroatoms. The van der Waals surface area contributed by atoms with E-state index in [1.807, 2.05) is 20.8 Å². The topological polar surface area (TPSA) is 38.0 Å². The molecule has 0 aromatic carbocycles. The molecule has 0 unspecified atom stereocenters. The van der Waals surface area contributed by atoms with Gasteiger partial charge in [-0.05, 0) is 45.9 Å². The minimum Gasteiger partial charge on any atom is -0.402 e. The molecule has 1 saturated heterocycles. The summed E-state index contributed by atoms with van der Waals surface area (Å²) in [6.45, 7) is 12.6. The highest BCUT2D eigenvalue weighted by Crippen LogP contribution is 2.33. The van der Waals surface area contributed by atoms with Gasteiger partial charge in [0.25, 0.3) is 0 Å². The Hall–Kier alpha value is -0.760. The van der Waals surface area contributed by atoms with Crippen LogP contribution in [0.3, 0.4) is 0 Å². The maximum atomic E-state index is 6.15. The second-order valence-electron chi connectivity index (χ2n) is 4.44. The summed E-state index contributed by atoms with van der Waals surface area (Å²) < 4.78 is 0. The first-order valence-corrected chi connectivity index (χ1v) is 6.40. The predicted octanol–water partition coefficient (Wildman–Crippen LogP) is 3.21. The molecule has 0 aromatic rings. The monoisotopic (exact) mass is 224 g/mol. The van der Waals surface area contributed by atoms with Crippen LogP contribution in [0.15, 0.2) is 23.4 Å². The first kappa shape index (κ1) is 15.2. The van der Waals surface area contributed by atoms with E-state index >= 15 is 0 Å². The average molecular weight is 224 g/mol. The molecule has 1 aliphatic rings. The van der Waals surface area contributed by atoms with Crippen molar-refractivity contribution in [1.29, 1.82) is 0 Å². The van der Waals surface area contributed by atoms with Crippen molar-refractivity contribution in [1.82, 2.24) is 5.32 Å². The van der Waals surface area contributed by atoms with Crippen molar-refractivity contribution in [2.75, 3.05) is 13.1 Å². The summed E-state index contributed by atoms with van der Waals surface area (Å²) in [5, 5.41) is 3.36. The molecule has 0 amide bonds. The molecule has 1 heterocycles. The molecule has 0 aromatic heterocycles. The summed E-state index contributed by atoms with van der Waals surface area (Å²) in [6.07, 6.45) is 6.50. The standard InChI is InChI=1S/C12H22N2.C2H6/c1-4-10(2)9-11(13)12(3)5-7-14-8-6-12;1-2/h4,9,14H,5-8,13H2,1-3H3;1-2H3/b10-4-,11-9-;. The van der Waals surface area contributed by atoms with Crippen molar-refractivity contribution in [2.45, 2.75) is 47.5 Å². The number of hydrogen-bond donors (Lipinski definition) is 2. The summed E-state index contributed by atoms with van der Waals surface area (Å²) in [5.41, 5.74) is 8.64. The third-order valence-electron chi connectivity index (χ3n) is 3.24. The van der Waals surface area contributed by atoms with Crippen LogP contribution in [0, 0.1) is 5.41 Å². The summed E-state index contributed by atoms with van der Waals surface area (Å²) >= 11 is 0. The number of allylic oxidation sites excluding steroid dienone is 4. The second kappa shape index (κ2) is 7.50. The highest BCUT2D eigenvalue weighted by atomic mass is 14.9. The van der Waals surface area contributed by atoms with Gasteiger partial charge < -0.3 is 11.1 Å². The van der Waals surface area contributed by atoms with Crippen molar-refractivity contribution in [2.24, 2.45) is 11.1 Å². The lowest BCUT2D eigenvalue weighted by Crippen LogP contribution is -2.38. The smallest absolute Gasteiger partial charge is 0.0144 e. The van der Waals surface area contributed by atoms with Gasteiger partial charge in [0, 0.05) is 11.1 Å². The van der Waals surface area contributed by atoms with Crippen LogP contribution in [0.25, 0.3) is 0 Å². The van der Waals surface area contributed by atoms with Crippen LogP contribution in [0.1, 0.15) is 47.5 Å².